The molecule has 2 bridgehead atoms. The van der Waals surface area contributed by atoms with Gasteiger partial charge in [0.05, 0.1) is 6.04 Å². The molecule has 3 aromatic rings. The molecule has 5 rings (SSSR count). The van der Waals surface area contributed by atoms with E-state index in [-0.39, 0.29) is 11.9 Å². The van der Waals surface area contributed by atoms with Gasteiger partial charge in [-0.1, -0.05) is 41.4 Å². The van der Waals surface area contributed by atoms with Crippen molar-refractivity contribution in [2.45, 2.75) is 18.7 Å². The van der Waals surface area contributed by atoms with E-state index in [9.17, 15) is 4.79 Å². The lowest BCUT2D eigenvalue weighted by atomic mass is 9.78. The van der Waals surface area contributed by atoms with Crippen LogP contribution in [0.15, 0.2) is 72.8 Å². The number of rotatable bonds is 3. The van der Waals surface area contributed by atoms with Crippen LogP contribution in [0, 0.1) is 5.92 Å². The van der Waals surface area contributed by atoms with Crippen LogP contribution in [0.1, 0.15) is 18.5 Å². The van der Waals surface area contributed by atoms with Crippen molar-refractivity contribution in [1.82, 2.24) is 5.32 Å². The topological polar surface area (TPSA) is 53.6 Å². The van der Waals surface area contributed by atoms with E-state index in [1.165, 1.54) is 0 Å². The van der Waals surface area contributed by atoms with Crippen LogP contribution in [0.3, 0.4) is 0 Å². The smallest absolute Gasteiger partial charge is 0.236 e. The van der Waals surface area contributed by atoms with Crippen LogP contribution in [-0.2, 0) is 4.79 Å². The third-order valence-corrected chi connectivity index (χ3v) is 6.69. The molecule has 2 heterocycles. The second-order valence-electron chi connectivity index (χ2n) is 7.91. The Labute approximate surface area is 201 Å². The van der Waals surface area contributed by atoms with Gasteiger partial charge in [-0.2, -0.15) is 0 Å². The molecule has 2 aliphatic heterocycles. The first kappa shape index (κ1) is 21.1. The molecular weight excluding hydrogens is 465 g/mol. The Morgan fingerprint density at radius 1 is 1.03 bits per heavy atom. The summed E-state index contributed by atoms with van der Waals surface area (Å²) in [7, 11) is 0. The van der Waals surface area contributed by atoms with Crippen molar-refractivity contribution in [3.8, 4) is 5.75 Å². The number of amides is 1. The monoisotopic (exact) mass is 483 g/mol. The zero-order chi connectivity index (χ0) is 22.5. The van der Waals surface area contributed by atoms with E-state index in [4.69, 9.17) is 40.2 Å². The number of carbonyl (C=O) groups excluding carboxylic acids is 1. The summed E-state index contributed by atoms with van der Waals surface area (Å²) in [5.74, 6) is -0.0942. The minimum absolute atomic E-state index is 0.191. The number of hydrogen-bond donors (Lipinski definition) is 2. The van der Waals surface area contributed by atoms with Crippen LogP contribution < -0.4 is 20.3 Å². The third kappa shape index (κ3) is 3.48. The highest BCUT2D eigenvalue weighted by molar-refractivity contribution is 7.80. The molecule has 0 saturated carbocycles. The van der Waals surface area contributed by atoms with Crippen LogP contribution in [-0.4, -0.2) is 16.7 Å². The van der Waals surface area contributed by atoms with Gasteiger partial charge in [0.2, 0.25) is 5.91 Å². The summed E-state index contributed by atoms with van der Waals surface area (Å²) in [6.07, 6.45) is 0. The summed E-state index contributed by atoms with van der Waals surface area (Å²) < 4.78 is 6.53. The van der Waals surface area contributed by atoms with E-state index in [1.54, 1.807) is 36.4 Å². The molecule has 0 aliphatic carbocycles. The summed E-state index contributed by atoms with van der Waals surface area (Å²) in [5.41, 5.74) is 1.24. The molecule has 3 aromatic carbocycles. The van der Waals surface area contributed by atoms with Crippen molar-refractivity contribution in [1.29, 1.82) is 0 Å². The molecule has 2 N–H and O–H groups in total. The number of anilines is 2. The number of ether oxygens (including phenoxy) is 1. The first-order chi connectivity index (χ1) is 15.4. The molecule has 0 radical (unpaired) electrons. The van der Waals surface area contributed by atoms with Crippen LogP contribution >= 0.6 is 35.4 Å². The van der Waals surface area contributed by atoms with Crippen molar-refractivity contribution < 1.29 is 9.53 Å². The van der Waals surface area contributed by atoms with Crippen molar-refractivity contribution in [2.75, 3.05) is 10.2 Å². The van der Waals surface area contributed by atoms with Crippen LogP contribution in [0.25, 0.3) is 0 Å². The zero-order valence-corrected chi connectivity index (χ0v) is 19.3. The van der Waals surface area contributed by atoms with Gasteiger partial charge in [-0.15, -0.1) is 0 Å². The van der Waals surface area contributed by atoms with Crippen LogP contribution in [0.4, 0.5) is 11.4 Å². The van der Waals surface area contributed by atoms with Gasteiger partial charge >= 0.3 is 0 Å². The number of halogens is 2. The second kappa shape index (κ2) is 7.96. The number of carbonyl (C=O) groups is 1. The van der Waals surface area contributed by atoms with Crippen LogP contribution in [0.2, 0.25) is 10.0 Å². The molecule has 5 nitrogen and oxygen atoms in total. The SMILES string of the molecule is C[C@@]12Oc3ccccc3[C@H](NC(=S)N1c1ccc(Cl)cc1)[C@@H]2C(=O)Nc1ccc(Cl)cc1. The molecule has 0 aromatic heterocycles. The maximum atomic E-state index is 13.7. The highest BCUT2D eigenvalue weighted by Gasteiger charge is 2.59. The van der Waals surface area contributed by atoms with Crippen molar-refractivity contribution in [3.63, 3.8) is 0 Å². The summed E-state index contributed by atoms with van der Waals surface area (Å²) in [6, 6.07) is 21.7. The van der Waals surface area contributed by atoms with Crippen molar-refractivity contribution in [2.24, 2.45) is 5.92 Å². The van der Waals surface area contributed by atoms with Gasteiger partial charge in [0.15, 0.2) is 10.8 Å². The van der Waals surface area contributed by atoms with Gasteiger partial charge in [-0.05, 0) is 73.7 Å². The first-order valence-electron chi connectivity index (χ1n) is 10.1. The Morgan fingerprint density at radius 3 is 2.34 bits per heavy atom. The van der Waals surface area contributed by atoms with E-state index in [2.05, 4.69) is 10.6 Å². The molecule has 2 aliphatic rings. The van der Waals surface area contributed by atoms with Crippen molar-refractivity contribution >= 4 is 57.8 Å². The van der Waals surface area contributed by atoms with E-state index < -0.39 is 11.6 Å². The Hall–Kier alpha value is -2.80. The molecule has 0 spiro atoms. The van der Waals surface area contributed by atoms with Gasteiger partial charge in [-0.25, -0.2) is 0 Å². The maximum absolute atomic E-state index is 13.7. The average molecular weight is 484 g/mol. The fourth-order valence-electron chi connectivity index (χ4n) is 4.46. The van der Waals surface area contributed by atoms with E-state index >= 15 is 0 Å². The average Bonchev–Trinajstić information content (AvgIpc) is 2.76. The zero-order valence-electron chi connectivity index (χ0n) is 17.0. The lowest BCUT2D eigenvalue weighted by molar-refractivity contribution is -0.130. The Balaban J connectivity index is 1.60. The molecule has 1 fully saturated rings. The minimum Gasteiger partial charge on any atom is -0.467 e. The molecule has 1 saturated heterocycles. The number of nitrogens with one attached hydrogen (secondary N) is 2. The van der Waals surface area contributed by atoms with E-state index in [0.29, 0.717) is 26.6 Å². The second-order valence-corrected chi connectivity index (χ2v) is 9.17. The minimum atomic E-state index is -1.08. The third-order valence-electron chi connectivity index (χ3n) is 5.89. The number of benzene rings is 3. The number of thiocarbonyl (C=S) groups is 1. The fraction of sp³-hybridized carbons (Fsp3) is 0.167. The Bertz CT molecular complexity index is 1200. The molecule has 0 unspecified atom stereocenters. The van der Waals surface area contributed by atoms with Gasteiger partial charge in [0, 0.05) is 27.0 Å². The Morgan fingerprint density at radius 2 is 1.66 bits per heavy atom. The van der Waals surface area contributed by atoms with E-state index in [1.807, 2.05) is 48.2 Å². The van der Waals surface area contributed by atoms with Gasteiger partial charge < -0.3 is 15.4 Å². The predicted octanol–water partition coefficient (Wildman–Crippen LogP) is 5.79. The molecule has 3 atom stereocenters. The number of para-hydroxylation sites is 1. The van der Waals surface area contributed by atoms with Crippen LogP contribution in [0.5, 0.6) is 5.75 Å². The standard InChI is InChI=1S/C24H19Cl2N3O2S/c1-24-20(22(30)27-16-10-6-14(25)7-11-16)21(18-4-2-3-5-19(18)31-24)28-23(32)29(24)17-12-8-15(26)9-13-17/h2-13,20-21H,1H3,(H,27,30)(H,28,32)/t20-,21+,24+/m1/s1. The highest BCUT2D eigenvalue weighted by Crippen LogP contribution is 2.49. The summed E-state index contributed by atoms with van der Waals surface area (Å²) in [4.78, 5) is 15.5. The molecule has 8 heteroatoms. The lowest BCUT2D eigenvalue weighted by Gasteiger charge is -2.56. The summed E-state index contributed by atoms with van der Waals surface area (Å²) in [6.45, 7) is 1.89. The molecule has 162 valence electrons. The highest BCUT2D eigenvalue weighted by atomic mass is 35.5. The number of fused-ring (bicyclic) bond motifs is 4. The molecule has 1 amide bonds. The quantitative estimate of drug-likeness (QED) is 0.461. The van der Waals surface area contributed by atoms with Gasteiger partial charge in [0.1, 0.15) is 11.7 Å². The predicted molar refractivity (Wildman–Crippen MR) is 131 cm³/mol. The normalized spacial score (nSPS) is 23.6. The number of nitrogens with zero attached hydrogens (tertiary/aromatic N) is 1. The summed E-state index contributed by atoms with van der Waals surface area (Å²) in [5, 5.41) is 8.08. The van der Waals surface area contributed by atoms with Gasteiger partial charge in [-0.3, -0.25) is 9.69 Å². The fourth-order valence-corrected chi connectivity index (χ4v) is 5.13. The summed E-state index contributed by atoms with van der Waals surface area (Å²) >= 11 is 17.8. The van der Waals surface area contributed by atoms with Gasteiger partial charge in [0.25, 0.3) is 0 Å². The number of hydrogen-bond acceptors (Lipinski definition) is 3. The first-order valence-corrected chi connectivity index (χ1v) is 11.2. The van der Waals surface area contributed by atoms with Crippen molar-refractivity contribution in [3.05, 3.63) is 88.4 Å². The Kier molecular flexibility index (Phi) is 5.24. The maximum Gasteiger partial charge on any atom is 0.236 e. The largest absolute Gasteiger partial charge is 0.467 e. The van der Waals surface area contributed by atoms with E-state index in [0.717, 1.165) is 11.3 Å². The lowest BCUT2D eigenvalue weighted by Crippen LogP contribution is -2.72. The molecular formula is C24H19Cl2N3O2S. The molecule has 32 heavy (non-hydrogen) atoms.